The van der Waals surface area contributed by atoms with Crippen LogP contribution in [-0.4, -0.2) is 17.8 Å². The quantitative estimate of drug-likeness (QED) is 0.254. The van der Waals surface area contributed by atoms with Crippen LogP contribution in [0.1, 0.15) is 31.7 Å². The van der Waals surface area contributed by atoms with Crippen LogP contribution in [0.2, 0.25) is 5.02 Å². The van der Waals surface area contributed by atoms with Crippen molar-refractivity contribution >= 4 is 34.3 Å². The zero-order valence-corrected chi connectivity index (χ0v) is 16.8. The molecular formula is C21H22ClN3OS. The van der Waals surface area contributed by atoms with Crippen molar-refractivity contribution in [2.24, 2.45) is 5.10 Å². The van der Waals surface area contributed by atoms with E-state index in [1.165, 1.54) is 24.2 Å². The van der Waals surface area contributed by atoms with Gasteiger partial charge in [0.25, 0.3) is 0 Å². The Labute approximate surface area is 168 Å². The van der Waals surface area contributed by atoms with Crippen molar-refractivity contribution in [2.45, 2.75) is 26.2 Å². The van der Waals surface area contributed by atoms with Gasteiger partial charge in [0.15, 0.2) is 0 Å². The van der Waals surface area contributed by atoms with Crippen LogP contribution in [0.15, 0.2) is 59.0 Å². The molecule has 0 saturated heterocycles. The van der Waals surface area contributed by atoms with Gasteiger partial charge in [-0.25, -0.2) is 4.98 Å². The van der Waals surface area contributed by atoms with Gasteiger partial charge in [-0.05, 0) is 48.4 Å². The third-order valence-electron chi connectivity index (χ3n) is 3.91. The number of benzene rings is 2. The highest BCUT2D eigenvalue weighted by atomic mass is 35.5. The minimum Gasteiger partial charge on any atom is -0.494 e. The number of unbranched alkanes of at least 4 members (excludes halogenated alkanes) is 2. The van der Waals surface area contributed by atoms with Crippen LogP contribution < -0.4 is 10.2 Å². The highest BCUT2D eigenvalue weighted by Gasteiger charge is 2.03. The van der Waals surface area contributed by atoms with Gasteiger partial charge in [-0.15, -0.1) is 11.3 Å². The molecule has 0 saturated carbocycles. The predicted molar refractivity (Wildman–Crippen MR) is 115 cm³/mol. The van der Waals surface area contributed by atoms with E-state index in [1.807, 2.05) is 53.9 Å². The number of aromatic nitrogens is 1. The first kappa shape index (κ1) is 19.4. The van der Waals surface area contributed by atoms with E-state index in [0.717, 1.165) is 40.7 Å². The van der Waals surface area contributed by atoms with Gasteiger partial charge in [0.2, 0.25) is 5.13 Å². The smallest absolute Gasteiger partial charge is 0.203 e. The second-order valence-electron chi connectivity index (χ2n) is 6.04. The number of halogens is 1. The van der Waals surface area contributed by atoms with E-state index in [9.17, 15) is 0 Å². The van der Waals surface area contributed by atoms with Crippen molar-refractivity contribution in [1.29, 1.82) is 0 Å². The van der Waals surface area contributed by atoms with E-state index in [0.29, 0.717) is 5.02 Å². The molecule has 0 aliphatic heterocycles. The SMILES string of the molecule is CCCCCOc1ccc(/C=N/Nc2nc(-c3ccc(Cl)cc3)cs2)cc1. The summed E-state index contributed by atoms with van der Waals surface area (Å²) in [5.74, 6) is 0.892. The molecule has 1 heterocycles. The van der Waals surface area contributed by atoms with Crippen molar-refractivity contribution in [2.75, 3.05) is 12.0 Å². The summed E-state index contributed by atoms with van der Waals surface area (Å²) in [6, 6.07) is 15.5. The molecular weight excluding hydrogens is 378 g/mol. The first-order chi connectivity index (χ1) is 13.2. The number of ether oxygens (including phenoxy) is 1. The lowest BCUT2D eigenvalue weighted by Crippen LogP contribution is -1.97. The van der Waals surface area contributed by atoms with Crippen molar-refractivity contribution in [3.63, 3.8) is 0 Å². The highest BCUT2D eigenvalue weighted by molar-refractivity contribution is 7.14. The summed E-state index contributed by atoms with van der Waals surface area (Å²) in [5.41, 5.74) is 5.91. The van der Waals surface area contributed by atoms with Gasteiger partial charge in [0.1, 0.15) is 5.75 Å². The summed E-state index contributed by atoms with van der Waals surface area (Å²) in [7, 11) is 0. The Balaban J connectivity index is 1.51. The van der Waals surface area contributed by atoms with E-state index in [1.54, 1.807) is 6.21 Å². The Kier molecular flexibility index (Phi) is 7.25. The summed E-state index contributed by atoms with van der Waals surface area (Å²) in [6.07, 6.45) is 5.26. The summed E-state index contributed by atoms with van der Waals surface area (Å²) >= 11 is 7.43. The lowest BCUT2D eigenvalue weighted by molar-refractivity contribution is 0.306. The lowest BCUT2D eigenvalue weighted by atomic mass is 10.2. The maximum Gasteiger partial charge on any atom is 0.203 e. The second-order valence-corrected chi connectivity index (χ2v) is 7.33. The molecule has 2 aromatic carbocycles. The zero-order valence-electron chi connectivity index (χ0n) is 15.2. The van der Waals surface area contributed by atoms with Crippen LogP contribution in [0.5, 0.6) is 5.75 Å². The molecule has 0 atom stereocenters. The standard InChI is InChI=1S/C21H22ClN3OS/c1-2-3-4-13-26-19-11-5-16(6-12-19)14-23-25-21-24-20(15-27-21)17-7-9-18(22)10-8-17/h5-12,14-15H,2-4,13H2,1H3,(H,24,25)/b23-14+. The van der Waals surface area contributed by atoms with Gasteiger partial charge < -0.3 is 4.74 Å². The van der Waals surface area contributed by atoms with Gasteiger partial charge in [-0.1, -0.05) is 43.5 Å². The fraction of sp³-hybridized carbons (Fsp3) is 0.238. The molecule has 1 N–H and O–H groups in total. The number of anilines is 1. The number of thiazole rings is 1. The Morgan fingerprint density at radius 1 is 1.11 bits per heavy atom. The van der Waals surface area contributed by atoms with Crippen LogP contribution in [0, 0.1) is 0 Å². The Hall–Kier alpha value is -2.37. The molecule has 0 aliphatic rings. The minimum atomic E-state index is 0.717. The molecule has 0 unspecified atom stereocenters. The van der Waals surface area contributed by atoms with Crippen molar-refractivity contribution in [1.82, 2.24) is 4.98 Å². The van der Waals surface area contributed by atoms with Crippen LogP contribution in [0.3, 0.4) is 0 Å². The molecule has 0 spiro atoms. The molecule has 0 radical (unpaired) electrons. The number of hydrogen-bond acceptors (Lipinski definition) is 5. The Bertz CT molecular complexity index is 860. The molecule has 0 amide bonds. The van der Waals surface area contributed by atoms with Gasteiger partial charge in [0, 0.05) is 16.0 Å². The number of nitrogens with zero attached hydrogens (tertiary/aromatic N) is 2. The minimum absolute atomic E-state index is 0.717. The van der Waals surface area contributed by atoms with Gasteiger partial charge >= 0.3 is 0 Å². The van der Waals surface area contributed by atoms with Crippen LogP contribution in [0.25, 0.3) is 11.3 Å². The van der Waals surface area contributed by atoms with Gasteiger partial charge in [-0.2, -0.15) is 5.10 Å². The predicted octanol–water partition coefficient (Wildman–Crippen LogP) is 6.48. The fourth-order valence-corrected chi connectivity index (χ4v) is 3.23. The third kappa shape index (κ3) is 6.08. The number of rotatable bonds is 9. The first-order valence-electron chi connectivity index (χ1n) is 8.98. The average molecular weight is 400 g/mol. The van der Waals surface area contributed by atoms with Gasteiger partial charge in [-0.3, -0.25) is 5.43 Å². The lowest BCUT2D eigenvalue weighted by Gasteiger charge is -2.05. The number of hydrazone groups is 1. The van der Waals surface area contributed by atoms with Crippen molar-refractivity contribution in [3.05, 3.63) is 64.5 Å². The molecule has 27 heavy (non-hydrogen) atoms. The zero-order chi connectivity index (χ0) is 18.9. The molecule has 1 aromatic heterocycles. The largest absolute Gasteiger partial charge is 0.494 e. The monoisotopic (exact) mass is 399 g/mol. The van der Waals surface area contributed by atoms with E-state index < -0.39 is 0 Å². The molecule has 0 bridgehead atoms. The molecule has 140 valence electrons. The van der Waals surface area contributed by atoms with Gasteiger partial charge in [0.05, 0.1) is 18.5 Å². The second kappa shape index (κ2) is 10.1. The van der Waals surface area contributed by atoms with E-state index in [2.05, 4.69) is 22.4 Å². The van der Waals surface area contributed by atoms with E-state index >= 15 is 0 Å². The maximum atomic E-state index is 5.92. The van der Waals surface area contributed by atoms with Crippen LogP contribution >= 0.6 is 22.9 Å². The molecule has 3 aromatic rings. The summed E-state index contributed by atoms with van der Waals surface area (Å²) in [6.45, 7) is 2.95. The molecule has 0 aliphatic carbocycles. The summed E-state index contributed by atoms with van der Waals surface area (Å²) in [5, 5.41) is 7.71. The van der Waals surface area contributed by atoms with Crippen LogP contribution in [-0.2, 0) is 0 Å². The third-order valence-corrected chi connectivity index (χ3v) is 4.91. The molecule has 6 heteroatoms. The number of nitrogens with one attached hydrogen (secondary N) is 1. The summed E-state index contributed by atoms with van der Waals surface area (Å²) < 4.78 is 5.71. The van der Waals surface area contributed by atoms with Crippen molar-refractivity contribution in [3.8, 4) is 17.0 Å². The molecule has 4 nitrogen and oxygen atoms in total. The molecule has 0 fully saturated rings. The highest BCUT2D eigenvalue weighted by Crippen LogP contribution is 2.25. The first-order valence-corrected chi connectivity index (χ1v) is 10.2. The summed E-state index contributed by atoms with van der Waals surface area (Å²) in [4.78, 5) is 4.53. The van der Waals surface area contributed by atoms with Crippen LogP contribution in [0.4, 0.5) is 5.13 Å². The van der Waals surface area contributed by atoms with E-state index in [4.69, 9.17) is 16.3 Å². The normalized spacial score (nSPS) is 11.0. The Morgan fingerprint density at radius 3 is 2.63 bits per heavy atom. The topological polar surface area (TPSA) is 46.5 Å². The van der Waals surface area contributed by atoms with E-state index in [-0.39, 0.29) is 0 Å². The fourth-order valence-electron chi connectivity index (χ4n) is 2.43. The Morgan fingerprint density at radius 2 is 1.89 bits per heavy atom. The maximum absolute atomic E-state index is 5.92. The van der Waals surface area contributed by atoms with Crippen molar-refractivity contribution < 1.29 is 4.74 Å². The molecule has 3 rings (SSSR count). The number of hydrogen-bond donors (Lipinski definition) is 1. The average Bonchev–Trinajstić information content (AvgIpc) is 3.16.